The van der Waals surface area contributed by atoms with Crippen molar-refractivity contribution in [2.24, 2.45) is 0 Å². The number of ether oxygens (including phenoxy) is 1. The van der Waals surface area contributed by atoms with Gasteiger partial charge in [0.05, 0.1) is 15.4 Å². The fourth-order valence-corrected chi connectivity index (χ4v) is 5.54. The summed E-state index contributed by atoms with van der Waals surface area (Å²) in [5, 5.41) is 1.50. The molecule has 3 heteroatoms. The summed E-state index contributed by atoms with van der Waals surface area (Å²) < 4.78 is 5.06. The number of hydrogen-bond acceptors (Lipinski definition) is 2. The molecule has 1 aromatic carbocycles. The molecular formula is C17H28O2Si. The van der Waals surface area contributed by atoms with Crippen molar-refractivity contribution in [2.75, 3.05) is 6.61 Å². The van der Waals surface area contributed by atoms with Gasteiger partial charge in [0, 0.05) is 6.42 Å². The highest BCUT2D eigenvalue weighted by molar-refractivity contribution is 6.73. The third kappa shape index (κ3) is 6.37. The van der Waals surface area contributed by atoms with Gasteiger partial charge in [0.15, 0.2) is 0 Å². The third-order valence-corrected chi connectivity index (χ3v) is 7.13. The van der Waals surface area contributed by atoms with Crippen LogP contribution in [0.2, 0.25) is 12.1 Å². The van der Waals surface area contributed by atoms with E-state index in [0.717, 1.165) is 6.04 Å². The van der Waals surface area contributed by atoms with Crippen molar-refractivity contribution >= 4 is 20.0 Å². The summed E-state index contributed by atoms with van der Waals surface area (Å²) >= 11 is 0. The second-order valence-corrected chi connectivity index (χ2v) is 8.66. The Hall–Kier alpha value is -1.09. The molecule has 0 aromatic heterocycles. The zero-order valence-corrected chi connectivity index (χ0v) is 14.3. The Morgan fingerprint density at radius 1 is 1.10 bits per heavy atom. The minimum atomic E-state index is -1.03. The summed E-state index contributed by atoms with van der Waals surface area (Å²) in [6, 6.07) is 11.3. The Kier molecular flexibility index (Phi) is 8.27. The Labute approximate surface area is 125 Å². The van der Waals surface area contributed by atoms with Crippen LogP contribution in [0, 0.1) is 6.92 Å². The van der Waals surface area contributed by atoms with E-state index in [2.05, 4.69) is 38.1 Å². The van der Waals surface area contributed by atoms with Crippen molar-refractivity contribution in [3.05, 3.63) is 29.8 Å². The van der Waals surface area contributed by atoms with E-state index in [1.54, 1.807) is 0 Å². The van der Waals surface area contributed by atoms with Gasteiger partial charge in [-0.15, -0.1) is 0 Å². The largest absolute Gasteiger partial charge is 0.466 e. The highest BCUT2D eigenvalue weighted by Gasteiger charge is 2.15. The van der Waals surface area contributed by atoms with Crippen LogP contribution < -0.4 is 5.19 Å². The molecule has 0 saturated heterocycles. The molecule has 1 atom stereocenters. The number of aryl methyl sites for hydroxylation is 1. The van der Waals surface area contributed by atoms with Crippen LogP contribution in [0.5, 0.6) is 0 Å². The summed E-state index contributed by atoms with van der Waals surface area (Å²) in [4.78, 5) is 11.6. The second kappa shape index (κ2) is 9.75. The molecular weight excluding hydrogens is 264 g/mol. The highest BCUT2D eigenvalue weighted by Crippen LogP contribution is 2.11. The van der Waals surface area contributed by atoms with Gasteiger partial charge in [-0.25, -0.2) is 0 Å². The van der Waals surface area contributed by atoms with Gasteiger partial charge in [0.1, 0.15) is 0 Å². The van der Waals surface area contributed by atoms with E-state index in [9.17, 15) is 4.79 Å². The third-order valence-electron chi connectivity index (χ3n) is 3.71. The van der Waals surface area contributed by atoms with Crippen LogP contribution in [0.4, 0.5) is 0 Å². The fourth-order valence-electron chi connectivity index (χ4n) is 2.48. The molecule has 0 N–H and O–H groups in total. The van der Waals surface area contributed by atoms with Gasteiger partial charge in [-0.1, -0.05) is 67.2 Å². The van der Waals surface area contributed by atoms with E-state index >= 15 is 0 Å². The summed E-state index contributed by atoms with van der Waals surface area (Å²) in [6.07, 6.45) is 4.44. The molecule has 20 heavy (non-hydrogen) atoms. The van der Waals surface area contributed by atoms with Gasteiger partial charge >= 0.3 is 5.97 Å². The number of esters is 1. The molecule has 0 spiro atoms. The number of rotatable bonds is 9. The molecule has 0 aliphatic carbocycles. The van der Waals surface area contributed by atoms with Gasteiger partial charge in [-0.05, 0) is 19.9 Å². The topological polar surface area (TPSA) is 26.3 Å². The number of hydrogen-bond donors (Lipinski definition) is 0. The monoisotopic (exact) mass is 292 g/mol. The zero-order valence-electron chi connectivity index (χ0n) is 13.2. The van der Waals surface area contributed by atoms with Gasteiger partial charge in [0.25, 0.3) is 0 Å². The molecule has 0 fully saturated rings. The summed E-state index contributed by atoms with van der Waals surface area (Å²) in [6.45, 7) is 6.72. The van der Waals surface area contributed by atoms with Crippen molar-refractivity contribution in [3.8, 4) is 0 Å². The van der Waals surface area contributed by atoms with Crippen LogP contribution >= 0.6 is 0 Å². The molecule has 0 aliphatic heterocycles. The van der Waals surface area contributed by atoms with E-state index in [1.807, 2.05) is 6.92 Å². The zero-order chi connectivity index (χ0) is 14.8. The minimum Gasteiger partial charge on any atom is -0.466 e. The second-order valence-electron chi connectivity index (χ2n) is 5.45. The van der Waals surface area contributed by atoms with E-state index < -0.39 is 8.80 Å². The molecule has 0 heterocycles. The van der Waals surface area contributed by atoms with Crippen molar-refractivity contribution in [1.29, 1.82) is 0 Å². The van der Waals surface area contributed by atoms with Crippen molar-refractivity contribution in [2.45, 2.75) is 58.5 Å². The molecule has 0 saturated carbocycles. The predicted molar refractivity (Wildman–Crippen MR) is 88.4 cm³/mol. The molecule has 1 aromatic rings. The van der Waals surface area contributed by atoms with Crippen LogP contribution in [0.25, 0.3) is 0 Å². The fraction of sp³-hybridized carbons (Fsp3) is 0.588. The van der Waals surface area contributed by atoms with E-state index in [4.69, 9.17) is 4.74 Å². The molecule has 112 valence electrons. The van der Waals surface area contributed by atoms with Gasteiger partial charge in [0.2, 0.25) is 0 Å². The first kappa shape index (κ1) is 17.0. The molecule has 1 rings (SSSR count). The number of carbonyl (C=O) groups excluding carboxylic acids is 1. The van der Waals surface area contributed by atoms with Crippen molar-refractivity contribution in [1.82, 2.24) is 0 Å². The van der Waals surface area contributed by atoms with Crippen LogP contribution in [0.3, 0.4) is 0 Å². The lowest BCUT2D eigenvalue weighted by Gasteiger charge is -2.15. The van der Waals surface area contributed by atoms with E-state index in [-0.39, 0.29) is 5.97 Å². The first-order valence-electron chi connectivity index (χ1n) is 7.89. The van der Waals surface area contributed by atoms with Gasteiger partial charge < -0.3 is 4.74 Å². The minimum absolute atomic E-state index is 0.0346. The Morgan fingerprint density at radius 3 is 2.40 bits per heavy atom. The molecule has 0 radical (unpaired) electrons. The first-order valence-corrected chi connectivity index (χ1v) is 10.1. The van der Waals surface area contributed by atoms with Crippen molar-refractivity contribution in [3.63, 3.8) is 0 Å². The lowest BCUT2D eigenvalue weighted by atomic mass is 10.2. The van der Waals surface area contributed by atoms with Crippen LogP contribution in [0.1, 0.15) is 45.1 Å². The smallest absolute Gasteiger partial charge is 0.305 e. The van der Waals surface area contributed by atoms with Crippen molar-refractivity contribution < 1.29 is 9.53 Å². The quantitative estimate of drug-likeness (QED) is 0.395. The lowest BCUT2D eigenvalue weighted by molar-refractivity contribution is -0.142. The predicted octanol–water partition coefficient (Wildman–Crippen LogP) is 3.57. The molecule has 0 aliphatic rings. The number of unbranched alkanes of at least 4 members (excludes halogenated alkanes) is 2. The number of carbonyl (C=O) groups is 1. The average Bonchev–Trinajstić information content (AvgIpc) is 2.44. The van der Waals surface area contributed by atoms with Crippen LogP contribution in [-0.4, -0.2) is 21.4 Å². The SMILES string of the molecule is CCCCC[SiH](CCC(=O)OCC)c1ccc(C)cc1. The highest BCUT2D eigenvalue weighted by atomic mass is 28.3. The average molecular weight is 292 g/mol. The first-order chi connectivity index (χ1) is 9.67. The van der Waals surface area contributed by atoms with Crippen LogP contribution in [-0.2, 0) is 9.53 Å². The Morgan fingerprint density at radius 2 is 1.80 bits per heavy atom. The summed E-state index contributed by atoms with van der Waals surface area (Å²) in [5.74, 6) is -0.0346. The molecule has 0 amide bonds. The molecule has 0 bridgehead atoms. The lowest BCUT2D eigenvalue weighted by Crippen LogP contribution is -2.30. The standard InChI is InChI=1S/C17H28O2Si/c1-4-6-7-13-20(14-12-17(18)19-5-2)16-10-8-15(3)9-11-16/h8-11,20H,4-7,12-14H2,1-3H3. The van der Waals surface area contributed by atoms with Crippen LogP contribution in [0.15, 0.2) is 24.3 Å². The normalized spacial score (nSPS) is 12.2. The van der Waals surface area contributed by atoms with E-state index in [0.29, 0.717) is 13.0 Å². The maximum absolute atomic E-state index is 11.6. The van der Waals surface area contributed by atoms with Gasteiger partial charge in [-0.3, -0.25) is 4.79 Å². The van der Waals surface area contributed by atoms with Gasteiger partial charge in [-0.2, -0.15) is 0 Å². The summed E-state index contributed by atoms with van der Waals surface area (Å²) in [7, 11) is -1.03. The Bertz CT molecular complexity index is 386. The maximum atomic E-state index is 11.6. The molecule has 1 unspecified atom stereocenters. The Balaban J connectivity index is 2.59. The molecule has 2 nitrogen and oxygen atoms in total. The maximum Gasteiger partial charge on any atom is 0.305 e. The number of benzene rings is 1. The van der Waals surface area contributed by atoms with E-state index in [1.165, 1.54) is 36.1 Å². The summed E-state index contributed by atoms with van der Waals surface area (Å²) in [5.41, 5.74) is 1.31.